The van der Waals surface area contributed by atoms with E-state index in [4.69, 9.17) is 5.73 Å². The molecule has 1 heterocycles. The molecule has 1 aliphatic rings. The van der Waals surface area contributed by atoms with Crippen LogP contribution >= 0.6 is 0 Å². The molecule has 0 atom stereocenters. The van der Waals surface area contributed by atoms with Crippen LogP contribution in [-0.4, -0.2) is 4.57 Å². The standard InChI is InChI=1S/C14H18N2/c1-9-10(2)16(3)13-5-4-11(8-12(9)13)14(15)6-7-14/h4-5,8H,6-7,15H2,1-3H3. The van der Waals surface area contributed by atoms with Crippen molar-refractivity contribution in [2.75, 3.05) is 0 Å². The van der Waals surface area contributed by atoms with Crippen LogP contribution in [0.2, 0.25) is 0 Å². The lowest BCUT2D eigenvalue weighted by molar-refractivity contribution is 0.741. The SMILES string of the molecule is Cc1c(C)n(C)c2ccc(C3(N)CC3)cc12. The number of nitrogens with two attached hydrogens (primary N) is 1. The van der Waals surface area contributed by atoms with Crippen LogP contribution in [0.3, 0.4) is 0 Å². The Bertz CT molecular complexity index is 574. The minimum Gasteiger partial charge on any atom is -0.348 e. The van der Waals surface area contributed by atoms with Gasteiger partial charge in [-0.25, -0.2) is 0 Å². The van der Waals surface area contributed by atoms with Crippen LogP contribution in [0.15, 0.2) is 18.2 Å². The van der Waals surface area contributed by atoms with Gasteiger partial charge < -0.3 is 10.3 Å². The van der Waals surface area contributed by atoms with Gasteiger partial charge in [0.15, 0.2) is 0 Å². The van der Waals surface area contributed by atoms with Crippen LogP contribution in [0, 0.1) is 13.8 Å². The quantitative estimate of drug-likeness (QED) is 0.777. The van der Waals surface area contributed by atoms with Crippen molar-refractivity contribution in [3.8, 4) is 0 Å². The van der Waals surface area contributed by atoms with Gasteiger partial charge >= 0.3 is 0 Å². The third-order valence-electron chi connectivity index (χ3n) is 4.17. The first-order chi connectivity index (χ1) is 7.53. The zero-order valence-corrected chi connectivity index (χ0v) is 10.2. The Labute approximate surface area is 96.1 Å². The molecule has 3 rings (SSSR count). The van der Waals surface area contributed by atoms with Gasteiger partial charge in [-0.2, -0.15) is 0 Å². The van der Waals surface area contributed by atoms with Crippen molar-refractivity contribution in [3.63, 3.8) is 0 Å². The van der Waals surface area contributed by atoms with Gasteiger partial charge in [0, 0.05) is 29.2 Å². The predicted molar refractivity (Wildman–Crippen MR) is 67.5 cm³/mol. The Hall–Kier alpha value is -1.28. The molecule has 0 radical (unpaired) electrons. The highest BCUT2D eigenvalue weighted by Gasteiger charge is 2.40. The van der Waals surface area contributed by atoms with E-state index in [1.54, 1.807) is 0 Å². The smallest absolute Gasteiger partial charge is 0.0482 e. The fourth-order valence-corrected chi connectivity index (χ4v) is 2.49. The zero-order valence-electron chi connectivity index (χ0n) is 10.2. The minimum atomic E-state index is -0.0234. The number of hydrogen-bond donors (Lipinski definition) is 1. The average Bonchev–Trinajstić information content (AvgIpc) is 3.00. The molecule has 1 aliphatic carbocycles. The topological polar surface area (TPSA) is 30.9 Å². The molecule has 0 unspecified atom stereocenters. The van der Waals surface area contributed by atoms with Crippen LogP contribution in [0.25, 0.3) is 10.9 Å². The highest BCUT2D eigenvalue weighted by atomic mass is 14.9. The number of hydrogen-bond acceptors (Lipinski definition) is 1. The van der Waals surface area contributed by atoms with Crippen molar-refractivity contribution >= 4 is 10.9 Å². The Kier molecular flexibility index (Phi) is 1.79. The second-order valence-corrected chi connectivity index (χ2v) is 5.16. The largest absolute Gasteiger partial charge is 0.348 e. The minimum absolute atomic E-state index is 0.0234. The summed E-state index contributed by atoms with van der Waals surface area (Å²) in [5.41, 5.74) is 11.6. The van der Waals surface area contributed by atoms with Gasteiger partial charge in [0.2, 0.25) is 0 Å². The number of rotatable bonds is 1. The maximum atomic E-state index is 6.25. The number of aromatic nitrogens is 1. The Morgan fingerprint density at radius 1 is 1.25 bits per heavy atom. The Morgan fingerprint density at radius 3 is 2.56 bits per heavy atom. The van der Waals surface area contributed by atoms with E-state index in [-0.39, 0.29) is 5.54 Å². The second-order valence-electron chi connectivity index (χ2n) is 5.16. The number of aryl methyl sites for hydroxylation is 2. The molecule has 0 bridgehead atoms. The van der Waals surface area contributed by atoms with Gasteiger partial charge in [0.1, 0.15) is 0 Å². The summed E-state index contributed by atoms with van der Waals surface area (Å²) >= 11 is 0. The summed E-state index contributed by atoms with van der Waals surface area (Å²) in [6.07, 6.45) is 2.26. The normalized spacial score (nSPS) is 18.0. The summed E-state index contributed by atoms with van der Waals surface area (Å²) in [6.45, 7) is 4.36. The third-order valence-corrected chi connectivity index (χ3v) is 4.17. The van der Waals surface area contributed by atoms with E-state index in [1.807, 2.05) is 0 Å². The molecule has 2 nitrogen and oxygen atoms in total. The zero-order chi connectivity index (χ0) is 11.5. The van der Waals surface area contributed by atoms with Gasteiger partial charge in [0.25, 0.3) is 0 Å². The molecule has 2 aromatic rings. The lowest BCUT2D eigenvalue weighted by atomic mass is 10.0. The van der Waals surface area contributed by atoms with E-state index in [9.17, 15) is 0 Å². The lowest BCUT2D eigenvalue weighted by Gasteiger charge is -2.09. The summed E-state index contributed by atoms with van der Waals surface area (Å²) in [4.78, 5) is 0. The molecule has 84 valence electrons. The molecule has 1 fully saturated rings. The first kappa shape index (κ1) is 9.91. The van der Waals surface area contributed by atoms with E-state index in [0.717, 1.165) is 12.8 Å². The Morgan fingerprint density at radius 2 is 1.94 bits per heavy atom. The van der Waals surface area contributed by atoms with E-state index in [0.29, 0.717) is 0 Å². The van der Waals surface area contributed by atoms with Crippen LogP contribution in [0.1, 0.15) is 29.7 Å². The molecule has 0 saturated heterocycles. The summed E-state index contributed by atoms with van der Waals surface area (Å²) in [7, 11) is 2.12. The fraction of sp³-hybridized carbons (Fsp3) is 0.429. The van der Waals surface area contributed by atoms with Gasteiger partial charge in [-0.3, -0.25) is 0 Å². The summed E-state index contributed by atoms with van der Waals surface area (Å²) in [6, 6.07) is 6.68. The average molecular weight is 214 g/mol. The highest BCUT2D eigenvalue weighted by Crippen LogP contribution is 2.43. The van der Waals surface area contributed by atoms with Crippen molar-refractivity contribution in [1.29, 1.82) is 0 Å². The van der Waals surface area contributed by atoms with Crippen LogP contribution in [0.4, 0.5) is 0 Å². The van der Waals surface area contributed by atoms with Crippen molar-refractivity contribution < 1.29 is 0 Å². The van der Waals surface area contributed by atoms with E-state index >= 15 is 0 Å². The van der Waals surface area contributed by atoms with Crippen LogP contribution in [-0.2, 0) is 12.6 Å². The van der Waals surface area contributed by atoms with Gasteiger partial charge in [-0.1, -0.05) is 6.07 Å². The summed E-state index contributed by atoms with van der Waals surface area (Å²) < 4.78 is 2.25. The van der Waals surface area contributed by atoms with Crippen molar-refractivity contribution in [1.82, 2.24) is 4.57 Å². The molecule has 1 saturated carbocycles. The fourth-order valence-electron chi connectivity index (χ4n) is 2.49. The maximum Gasteiger partial charge on any atom is 0.0482 e. The number of fused-ring (bicyclic) bond motifs is 1. The van der Waals surface area contributed by atoms with Crippen molar-refractivity contribution in [2.45, 2.75) is 32.2 Å². The lowest BCUT2D eigenvalue weighted by Crippen LogP contribution is -2.18. The van der Waals surface area contributed by atoms with Crippen molar-refractivity contribution in [3.05, 3.63) is 35.0 Å². The van der Waals surface area contributed by atoms with Gasteiger partial charge in [-0.15, -0.1) is 0 Å². The first-order valence-electron chi connectivity index (χ1n) is 5.88. The van der Waals surface area contributed by atoms with Crippen LogP contribution < -0.4 is 5.73 Å². The van der Waals surface area contributed by atoms with E-state index in [1.165, 1.54) is 27.7 Å². The second kappa shape index (κ2) is 2.89. The monoisotopic (exact) mass is 214 g/mol. The summed E-state index contributed by atoms with van der Waals surface area (Å²) in [5.74, 6) is 0. The molecular weight excluding hydrogens is 196 g/mol. The van der Waals surface area contributed by atoms with E-state index < -0.39 is 0 Å². The van der Waals surface area contributed by atoms with Crippen molar-refractivity contribution in [2.24, 2.45) is 12.8 Å². The summed E-state index contributed by atoms with van der Waals surface area (Å²) in [5, 5.41) is 1.36. The molecule has 2 heteroatoms. The molecule has 0 spiro atoms. The molecular formula is C14H18N2. The molecule has 1 aromatic heterocycles. The first-order valence-corrected chi connectivity index (χ1v) is 5.88. The third kappa shape index (κ3) is 1.17. The Balaban J connectivity index is 2.29. The van der Waals surface area contributed by atoms with Crippen LogP contribution in [0.5, 0.6) is 0 Å². The molecule has 0 amide bonds. The predicted octanol–water partition coefficient (Wildman–Crippen LogP) is 2.74. The molecule has 1 aromatic carbocycles. The van der Waals surface area contributed by atoms with Gasteiger partial charge in [-0.05, 0) is 49.9 Å². The maximum absolute atomic E-state index is 6.25. The molecule has 16 heavy (non-hydrogen) atoms. The highest BCUT2D eigenvalue weighted by molar-refractivity contribution is 5.86. The van der Waals surface area contributed by atoms with Gasteiger partial charge in [0.05, 0.1) is 0 Å². The number of benzene rings is 1. The van der Waals surface area contributed by atoms with E-state index in [2.05, 4.69) is 43.7 Å². The molecule has 2 N–H and O–H groups in total. The molecule has 0 aliphatic heterocycles. The number of nitrogens with zero attached hydrogens (tertiary/aromatic N) is 1.